The lowest BCUT2D eigenvalue weighted by Crippen LogP contribution is -2.51. The quantitative estimate of drug-likeness (QED) is 0.685. The van der Waals surface area contributed by atoms with Crippen LogP contribution in [0, 0.1) is 0 Å². The third-order valence-electron chi connectivity index (χ3n) is 4.78. The molecule has 0 N–H and O–H groups in total. The van der Waals surface area contributed by atoms with Crippen LogP contribution in [-0.4, -0.2) is 73.8 Å². The van der Waals surface area contributed by atoms with Crippen LogP contribution in [-0.2, 0) is 14.4 Å². The first-order valence-electron chi connectivity index (χ1n) is 9.10. The van der Waals surface area contributed by atoms with Crippen LogP contribution in [0.5, 0.6) is 0 Å². The van der Waals surface area contributed by atoms with Gasteiger partial charge in [0.25, 0.3) is 0 Å². The summed E-state index contributed by atoms with van der Waals surface area (Å²) in [7, 11) is 0. The van der Waals surface area contributed by atoms with Gasteiger partial charge < -0.3 is 19.6 Å². The van der Waals surface area contributed by atoms with Crippen molar-refractivity contribution in [2.45, 2.75) is 20.8 Å². The lowest BCUT2D eigenvalue weighted by molar-refractivity contribution is -0.134. The molecule has 1 aliphatic heterocycles. The maximum Gasteiger partial charge on any atom is 0.242 e. The number of carbonyl (C=O) groups excluding carboxylic acids is 3. The summed E-state index contributed by atoms with van der Waals surface area (Å²) in [4.78, 5) is 42.5. The van der Waals surface area contributed by atoms with Crippen molar-refractivity contribution < 1.29 is 14.4 Å². The van der Waals surface area contributed by atoms with Crippen molar-refractivity contribution in [2.24, 2.45) is 0 Å². The molecule has 0 saturated carbocycles. The van der Waals surface area contributed by atoms with Crippen LogP contribution in [0.15, 0.2) is 24.3 Å². The van der Waals surface area contributed by atoms with Crippen LogP contribution in [0.1, 0.15) is 20.8 Å². The van der Waals surface area contributed by atoms with Gasteiger partial charge in [-0.05, 0) is 38.1 Å². The monoisotopic (exact) mass is 360 g/mol. The van der Waals surface area contributed by atoms with Crippen LogP contribution in [0.3, 0.4) is 0 Å². The molecule has 1 aromatic rings. The zero-order valence-electron chi connectivity index (χ0n) is 15.9. The molecule has 0 spiro atoms. The highest BCUT2D eigenvalue weighted by Crippen LogP contribution is 2.21. The smallest absolute Gasteiger partial charge is 0.242 e. The van der Waals surface area contributed by atoms with E-state index < -0.39 is 0 Å². The van der Waals surface area contributed by atoms with E-state index in [1.807, 2.05) is 24.3 Å². The fourth-order valence-electron chi connectivity index (χ4n) is 3.13. The topological polar surface area (TPSA) is 64.2 Å². The van der Waals surface area contributed by atoms with Crippen LogP contribution in [0.2, 0.25) is 0 Å². The second-order valence-electron chi connectivity index (χ2n) is 6.32. The Labute approximate surface area is 155 Å². The van der Waals surface area contributed by atoms with E-state index in [4.69, 9.17) is 0 Å². The molecule has 0 aliphatic carbocycles. The molecule has 2 rings (SSSR count). The van der Waals surface area contributed by atoms with E-state index in [1.54, 1.807) is 9.80 Å². The number of nitrogens with zero attached hydrogens (tertiary/aromatic N) is 4. The molecule has 0 aromatic heterocycles. The van der Waals surface area contributed by atoms with Gasteiger partial charge in [-0.2, -0.15) is 0 Å². The Balaban J connectivity index is 2.05. The molecule has 1 heterocycles. The Morgan fingerprint density at radius 1 is 1.00 bits per heavy atom. The van der Waals surface area contributed by atoms with Crippen molar-refractivity contribution in [2.75, 3.05) is 55.6 Å². The minimum atomic E-state index is -0.166. The van der Waals surface area contributed by atoms with E-state index in [9.17, 15) is 14.4 Å². The molecule has 0 unspecified atom stereocenters. The summed E-state index contributed by atoms with van der Waals surface area (Å²) in [6.45, 7) is 9.59. The molecule has 3 amide bonds. The van der Waals surface area contributed by atoms with E-state index in [-0.39, 0.29) is 18.4 Å². The number of rotatable bonds is 7. The molecule has 142 valence electrons. The van der Waals surface area contributed by atoms with Crippen molar-refractivity contribution in [1.29, 1.82) is 0 Å². The van der Waals surface area contributed by atoms with Gasteiger partial charge in [-0.15, -0.1) is 0 Å². The number of hydrogen-bond donors (Lipinski definition) is 0. The predicted molar refractivity (Wildman–Crippen MR) is 102 cm³/mol. The summed E-state index contributed by atoms with van der Waals surface area (Å²) in [5.74, 6) is -0.265. The molecule has 7 nitrogen and oxygen atoms in total. The average molecular weight is 360 g/mol. The Bertz CT molecular complexity index is 620. The molecule has 7 heteroatoms. The minimum Gasteiger partial charge on any atom is -0.372 e. The fraction of sp³-hybridized carbons (Fsp3) is 0.526. The first kappa shape index (κ1) is 19.8. The molecule has 0 bridgehead atoms. The molecule has 26 heavy (non-hydrogen) atoms. The number of benzene rings is 1. The number of amides is 3. The highest BCUT2D eigenvalue weighted by atomic mass is 16.2. The molecule has 1 fully saturated rings. The standard InChI is InChI=1S/C19H28N4O3/c1-4-21(5-2)17-6-8-18(9-7-17)23(16(3)25)14-19(26)22-12-10-20(15-24)11-13-22/h6-9,15H,4-5,10-14H2,1-3H3. The summed E-state index contributed by atoms with van der Waals surface area (Å²) in [5.41, 5.74) is 1.81. The third-order valence-corrected chi connectivity index (χ3v) is 4.78. The Morgan fingerprint density at radius 3 is 2.00 bits per heavy atom. The van der Waals surface area contributed by atoms with E-state index in [0.717, 1.165) is 25.2 Å². The zero-order valence-corrected chi connectivity index (χ0v) is 15.9. The van der Waals surface area contributed by atoms with Gasteiger partial charge in [0.05, 0.1) is 0 Å². The summed E-state index contributed by atoms with van der Waals surface area (Å²) < 4.78 is 0. The Kier molecular flexibility index (Phi) is 7.00. The molecule has 1 saturated heterocycles. The SMILES string of the molecule is CCN(CC)c1ccc(N(CC(=O)N2CCN(C=O)CC2)C(C)=O)cc1. The Morgan fingerprint density at radius 2 is 1.54 bits per heavy atom. The van der Waals surface area contributed by atoms with Gasteiger partial charge in [0.1, 0.15) is 6.54 Å². The van der Waals surface area contributed by atoms with Crippen molar-refractivity contribution in [3.8, 4) is 0 Å². The third kappa shape index (κ3) is 4.74. The molecule has 1 aromatic carbocycles. The summed E-state index contributed by atoms with van der Waals surface area (Å²) in [6, 6.07) is 7.72. The lowest BCUT2D eigenvalue weighted by atomic mass is 10.2. The largest absolute Gasteiger partial charge is 0.372 e. The summed E-state index contributed by atoms with van der Waals surface area (Å²) in [5, 5.41) is 0. The number of carbonyl (C=O) groups is 3. The van der Waals surface area contributed by atoms with Crippen LogP contribution in [0.25, 0.3) is 0 Å². The van der Waals surface area contributed by atoms with Gasteiger partial charge in [-0.25, -0.2) is 0 Å². The van der Waals surface area contributed by atoms with Gasteiger partial charge in [-0.1, -0.05) is 0 Å². The van der Waals surface area contributed by atoms with Crippen molar-refractivity contribution in [3.05, 3.63) is 24.3 Å². The second kappa shape index (κ2) is 9.22. The maximum atomic E-state index is 12.6. The van der Waals surface area contributed by atoms with Crippen LogP contribution in [0.4, 0.5) is 11.4 Å². The van der Waals surface area contributed by atoms with Gasteiger partial charge >= 0.3 is 0 Å². The fourth-order valence-corrected chi connectivity index (χ4v) is 3.13. The highest BCUT2D eigenvalue weighted by Gasteiger charge is 2.23. The number of anilines is 2. The zero-order chi connectivity index (χ0) is 19.1. The first-order valence-corrected chi connectivity index (χ1v) is 9.10. The predicted octanol–water partition coefficient (Wildman–Crippen LogP) is 1.19. The van der Waals surface area contributed by atoms with Gasteiger partial charge in [0.15, 0.2) is 0 Å². The van der Waals surface area contributed by atoms with Crippen molar-refractivity contribution >= 4 is 29.6 Å². The van der Waals surface area contributed by atoms with E-state index >= 15 is 0 Å². The van der Waals surface area contributed by atoms with Gasteiger partial charge in [0, 0.05) is 57.6 Å². The van der Waals surface area contributed by atoms with E-state index in [1.165, 1.54) is 11.8 Å². The van der Waals surface area contributed by atoms with Gasteiger partial charge in [0.2, 0.25) is 18.2 Å². The molecular weight excluding hydrogens is 332 g/mol. The molecule has 1 aliphatic rings. The summed E-state index contributed by atoms with van der Waals surface area (Å²) in [6.07, 6.45) is 0.807. The first-order chi connectivity index (χ1) is 12.5. The van der Waals surface area contributed by atoms with E-state index in [2.05, 4.69) is 18.7 Å². The maximum absolute atomic E-state index is 12.6. The highest BCUT2D eigenvalue weighted by molar-refractivity contribution is 5.97. The van der Waals surface area contributed by atoms with Gasteiger partial charge in [-0.3, -0.25) is 14.4 Å². The van der Waals surface area contributed by atoms with Crippen LogP contribution < -0.4 is 9.80 Å². The molecule has 0 radical (unpaired) electrons. The number of hydrogen-bond acceptors (Lipinski definition) is 4. The van der Waals surface area contributed by atoms with Crippen molar-refractivity contribution in [3.63, 3.8) is 0 Å². The van der Waals surface area contributed by atoms with Crippen molar-refractivity contribution in [1.82, 2.24) is 9.80 Å². The van der Waals surface area contributed by atoms with E-state index in [0.29, 0.717) is 31.9 Å². The summed E-state index contributed by atoms with van der Waals surface area (Å²) >= 11 is 0. The Hall–Kier alpha value is -2.57. The molecular formula is C19H28N4O3. The number of piperazine rings is 1. The molecule has 0 atom stereocenters. The lowest BCUT2D eigenvalue weighted by Gasteiger charge is -2.34. The normalized spacial score (nSPS) is 14.1. The minimum absolute atomic E-state index is 0.0149. The second-order valence-corrected chi connectivity index (χ2v) is 6.32. The van der Waals surface area contributed by atoms with Crippen LogP contribution >= 0.6 is 0 Å². The average Bonchev–Trinajstić information content (AvgIpc) is 2.67.